The number of hydrogen-bond acceptors (Lipinski definition) is 5. The van der Waals surface area contributed by atoms with Gasteiger partial charge in [0.15, 0.2) is 5.82 Å². The van der Waals surface area contributed by atoms with Crippen LogP contribution in [0.3, 0.4) is 0 Å². The number of aryl methyl sites for hydroxylation is 3. The number of piperidine rings is 1. The Morgan fingerprint density at radius 2 is 1.76 bits per heavy atom. The van der Waals surface area contributed by atoms with Crippen molar-refractivity contribution in [3.63, 3.8) is 0 Å². The molecule has 0 spiro atoms. The smallest absolute Gasteiger partial charge is 0.156 e. The van der Waals surface area contributed by atoms with Gasteiger partial charge in [-0.05, 0) is 102 Å². The minimum atomic E-state index is 0.680. The van der Waals surface area contributed by atoms with E-state index >= 15 is 0 Å². The maximum atomic E-state index is 4.74. The van der Waals surface area contributed by atoms with Gasteiger partial charge in [-0.2, -0.15) is 0 Å². The summed E-state index contributed by atoms with van der Waals surface area (Å²) in [4.78, 5) is 11.9. The van der Waals surface area contributed by atoms with Crippen LogP contribution in [-0.4, -0.2) is 42.1 Å². The molecule has 29 heavy (non-hydrogen) atoms. The Morgan fingerprint density at radius 3 is 2.38 bits per heavy atom. The summed E-state index contributed by atoms with van der Waals surface area (Å²) in [6, 6.07) is 6.73. The zero-order valence-electron chi connectivity index (χ0n) is 18.9. The Bertz CT molecular complexity index is 820. The molecule has 5 nitrogen and oxygen atoms in total. The standard InChI is InChI=1S/C23H32N4.CH5N/c1-6-7-8-22-23(25-18(4)17(3)24-22)26-20-9-10-21(16(2)15-20)19-11-13-27(5)14-12-19;1-2/h7-10,15,19H,6,11-14H2,1-5H3,(H,25,26);2H2,1H3/b8-7+;. The van der Waals surface area contributed by atoms with Crippen LogP contribution in [0.1, 0.15) is 60.3 Å². The highest BCUT2D eigenvalue weighted by molar-refractivity contribution is 5.67. The van der Waals surface area contributed by atoms with Crippen LogP contribution in [-0.2, 0) is 0 Å². The summed E-state index contributed by atoms with van der Waals surface area (Å²) in [6.07, 6.45) is 7.66. The molecule has 3 N–H and O–H groups in total. The summed E-state index contributed by atoms with van der Waals surface area (Å²) >= 11 is 0. The van der Waals surface area contributed by atoms with Crippen molar-refractivity contribution < 1.29 is 0 Å². The van der Waals surface area contributed by atoms with E-state index < -0.39 is 0 Å². The molecule has 0 aliphatic carbocycles. The van der Waals surface area contributed by atoms with E-state index in [-0.39, 0.29) is 0 Å². The van der Waals surface area contributed by atoms with E-state index in [0.717, 1.165) is 35.0 Å². The summed E-state index contributed by atoms with van der Waals surface area (Å²) in [5, 5.41) is 3.49. The van der Waals surface area contributed by atoms with E-state index in [9.17, 15) is 0 Å². The zero-order valence-corrected chi connectivity index (χ0v) is 18.9. The molecule has 1 aliphatic rings. The lowest BCUT2D eigenvalue weighted by Gasteiger charge is -2.30. The SMILES string of the molecule is CC/C=C/c1nc(C)c(C)nc1Nc1ccc(C2CCN(C)CC2)c(C)c1.CN. The molecule has 0 radical (unpaired) electrons. The molecule has 158 valence electrons. The minimum absolute atomic E-state index is 0.680. The average molecular weight is 396 g/mol. The third-order valence-electron chi connectivity index (χ3n) is 5.54. The highest BCUT2D eigenvalue weighted by Crippen LogP contribution is 2.32. The Labute approximate surface area is 176 Å². The summed E-state index contributed by atoms with van der Waals surface area (Å²) in [6.45, 7) is 10.8. The topological polar surface area (TPSA) is 67.1 Å². The van der Waals surface area contributed by atoms with Gasteiger partial charge in [0, 0.05) is 5.69 Å². The minimum Gasteiger partial charge on any atom is -0.338 e. The molecule has 0 saturated carbocycles. The fraction of sp³-hybridized carbons (Fsp3) is 0.500. The monoisotopic (exact) mass is 395 g/mol. The highest BCUT2D eigenvalue weighted by Gasteiger charge is 2.20. The van der Waals surface area contributed by atoms with Crippen LogP contribution in [0.4, 0.5) is 11.5 Å². The van der Waals surface area contributed by atoms with Crippen molar-refractivity contribution in [2.45, 2.75) is 52.9 Å². The molecule has 1 aliphatic heterocycles. The molecule has 3 rings (SSSR count). The van der Waals surface area contributed by atoms with Gasteiger partial charge in [-0.1, -0.05) is 19.1 Å². The molecule has 2 aromatic rings. The lowest BCUT2D eigenvalue weighted by atomic mass is 9.87. The molecule has 1 aromatic heterocycles. The van der Waals surface area contributed by atoms with Gasteiger partial charge in [0.25, 0.3) is 0 Å². The van der Waals surface area contributed by atoms with Crippen molar-refractivity contribution in [1.82, 2.24) is 14.9 Å². The van der Waals surface area contributed by atoms with Gasteiger partial charge in [0.2, 0.25) is 0 Å². The molecule has 5 heteroatoms. The van der Waals surface area contributed by atoms with E-state index in [2.05, 4.69) is 67.2 Å². The van der Waals surface area contributed by atoms with Crippen LogP contribution < -0.4 is 11.1 Å². The lowest BCUT2D eigenvalue weighted by Crippen LogP contribution is -2.29. The maximum absolute atomic E-state index is 4.74. The summed E-state index contributed by atoms with van der Waals surface area (Å²) in [5.74, 6) is 1.51. The van der Waals surface area contributed by atoms with Crippen LogP contribution >= 0.6 is 0 Å². The Hall–Kier alpha value is -2.24. The van der Waals surface area contributed by atoms with E-state index in [1.807, 2.05) is 13.8 Å². The van der Waals surface area contributed by atoms with Crippen molar-refractivity contribution >= 4 is 17.6 Å². The van der Waals surface area contributed by atoms with Gasteiger partial charge in [0.05, 0.1) is 11.4 Å². The number of likely N-dealkylation sites (tertiary alicyclic amines) is 1. The second-order valence-electron chi connectivity index (χ2n) is 7.71. The molecule has 0 atom stereocenters. The third-order valence-corrected chi connectivity index (χ3v) is 5.54. The first kappa shape index (κ1) is 23.0. The number of rotatable bonds is 5. The number of allylic oxidation sites excluding steroid dienone is 1. The van der Waals surface area contributed by atoms with E-state index in [1.165, 1.54) is 44.1 Å². The fourth-order valence-electron chi connectivity index (χ4n) is 3.73. The van der Waals surface area contributed by atoms with Gasteiger partial charge in [-0.25, -0.2) is 9.97 Å². The predicted molar refractivity (Wildman–Crippen MR) is 125 cm³/mol. The number of anilines is 2. The average Bonchev–Trinajstić information content (AvgIpc) is 2.72. The molecule has 2 heterocycles. The molecule has 1 fully saturated rings. The molecular weight excluding hydrogens is 358 g/mol. The molecule has 0 unspecified atom stereocenters. The lowest BCUT2D eigenvalue weighted by molar-refractivity contribution is 0.255. The Balaban J connectivity index is 0.00000145. The first-order valence-electron chi connectivity index (χ1n) is 10.6. The van der Waals surface area contributed by atoms with E-state index in [1.54, 1.807) is 0 Å². The van der Waals surface area contributed by atoms with Gasteiger partial charge < -0.3 is 16.0 Å². The second kappa shape index (κ2) is 11.1. The van der Waals surface area contributed by atoms with Crippen LogP contribution in [0, 0.1) is 20.8 Å². The first-order valence-corrected chi connectivity index (χ1v) is 10.6. The number of nitrogens with two attached hydrogens (primary N) is 1. The normalized spacial score (nSPS) is 15.3. The van der Waals surface area contributed by atoms with E-state index in [0.29, 0.717) is 5.92 Å². The molecular formula is C24H37N5. The van der Waals surface area contributed by atoms with Crippen molar-refractivity contribution in [2.75, 3.05) is 32.5 Å². The van der Waals surface area contributed by atoms with Gasteiger partial charge in [0.1, 0.15) is 5.69 Å². The molecule has 1 aromatic carbocycles. The van der Waals surface area contributed by atoms with Gasteiger partial charge in [-0.3, -0.25) is 0 Å². The second-order valence-corrected chi connectivity index (χ2v) is 7.71. The number of nitrogens with zero attached hydrogens (tertiary/aromatic N) is 3. The third kappa shape index (κ3) is 6.12. The zero-order chi connectivity index (χ0) is 21.4. The van der Waals surface area contributed by atoms with Crippen LogP contribution in [0.15, 0.2) is 24.3 Å². The largest absolute Gasteiger partial charge is 0.338 e. The number of benzene rings is 1. The Kier molecular flexibility index (Phi) is 8.80. The number of nitrogens with one attached hydrogen (secondary N) is 1. The summed E-state index contributed by atoms with van der Waals surface area (Å²) in [5.41, 5.74) is 11.3. The highest BCUT2D eigenvalue weighted by atomic mass is 15.1. The van der Waals surface area contributed by atoms with Crippen LogP contribution in [0.2, 0.25) is 0 Å². The van der Waals surface area contributed by atoms with Gasteiger partial charge >= 0.3 is 0 Å². The number of aromatic nitrogens is 2. The number of hydrogen-bond donors (Lipinski definition) is 2. The van der Waals surface area contributed by atoms with Crippen molar-refractivity contribution in [1.29, 1.82) is 0 Å². The Morgan fingerprint density at radius 1 is 1.10 bits per heavy atom. The van der Waals surface area contributed by atoms with E-state index in [4.69, 9.17) is 9.97 Å². The predicted octanol–water partition coefficient (Wildman–Crippen LogP) is 4.95. The fourth-order valence-corrected chi connectivity index (χ4v) is 3.73. The molecule has 0 amide bonds. The van der Waals surface area contributed by atoms with Crippen molar-refractivity contribution in [3.05, 3.63) is 52.5 Å². The molecule has 1 saturated heterocycles. The van der Waals surface area contributed by atoms with Crippen LogP contribution in [0.25, 0.3) is 6.08 Å². The summed E-state index contributed by atoms with van der Waals surface area (Å²) in [7, 11) is 3.71. The first-order chi connectivity index (χ1) is 14.0. The summed E-state index contributed by atoms with van der Waals surface area (Å²) < 4.78 is 0. The van der Waals surface area contributed by atoms with Crippen molar-refractivity contribution in [2.24, 2.45) is 5.73 Å². The van der Waals surface area contributed by atoms with Gasteiger partial charge in [-0.15, -0.1) is 0 Å². The quantitative estimate of drug-likeness (QED) is 0.749. The molecule has 0 bridgehead atoms. The van der Waals surface area contributed by atoms with Crippen LogP contribution in [0.5, 0.6) is 0 Å². The van der Waals surface area contributed by atoms with Crippen molar-refractivity contribution in [3.8, 4) is 0 Å². The maximum Gasteiger partial charge on any atom is 0.156 e.